The number of nitro groups is 2. The van der Waals surface area contributed by atoms with Gasteiger partial charge in [-0.3, -0.25) is 25.0 Å². The molecule has 0 aliphatic carbocycles. The van der Waals surface area contributed by atoms with Gasteiger partial charge >= 0.3 is 6.18 Å². The Morgan fingerprint density at radius 2 is 1.69 bits per heavy atom. The molecule has 0 heterocycles. The Labute approximate surface area is 147 Å². The highest BCUT2D eigenvalue weighted by atomic mass is 35.5. The van der Waals surface area contributed by atoms with Crippen molar-refractivity contribution >= 4 is 34.6 Å². The van der Waals surface area contributed by atoms with Crippen LogP contribution in [0.4, 0.5) is 30.2 Å². The molecule has 0 bridgehead atoms. The topological polar surface area (TPSA) is 115 Å². The second-order valence-electron chi connectivity index (χ2n) is 4.86. The fourth-order valence-electron chi connectivity index (χ4n) is 2.03. The third-order valence-electron chi connectivity index (χ3n) is 3.17. The van der Waals surface area contributed by atoms with E-state index in [-0.39, 0.29) is 5.02 Å². The smallest absolute Gasteiger partial charge is 0.321 e. The fourth-order valence-corrected chi connectivity index (χ4v) is 2.21. The minimum atomic E-state index is -4.81. The van der Waals surface area contributed by atoms with Crippen molar-refractivity contribution in [3.8, 4) is 0 Å². The van der Waals surface area contributed by atoms with Gasteiger partial charge < -0.3 is 5.32 Å². The summed E-state index contributed by atoms with van der Waals surface area (Å²) in [5.41, 5.74) is -4.13. The molecule has 1 amide bonds. The lowest BCUT2D eigenvalue weighted by atomic mass is 10.1. The van der Waals surface area contributed by atoms with Gasteiger partial charge in [0.05, 0.1) is 27.2 Å². The van der Waals surface area contributed by atoms with Gasteiger partial charge in [0, 0.05) is 11.1 Å². The van der Waals surface area contributed by atoms with E-state index in [0.717, 1.165) is 24.3 Å². The maximum atomic E-state index is 13.0. The second kappa shape index (κ2) is 6.96. The van der Waals surface area contributed by atoms with Crippen LogP contribution in [0.5, 0.6) is 0 Å². The molecular weight excluding hydrogens is 383 g/mol. The SMILES string of the molecule is O=C(Nc1cc(Cl)ccc1C(F)(F)F)c1ccc([N+](=O)[O-])cc1[N+](=O)[O-]. The van der Waals surface area contributed by atoms with E-state index in [1.807, 2.05) is 5.32 Å². The van der Waals surface area contributed by atoms with Crippen LogP contribution in [0.1, 0.15) is 15.9 Å². The number of hydrogen-bond donors (Lipinski definition) is 1. The number of amides is 1. The summed E-state index contributed by atoms with van der Waals surface area (Å²) in [5, 5.41) is 23.5. The molecule has 0 saturated heterocycles. The molecule has 0 atom stereocenters. The van der Waals surface area contributed by atoms with Gasteiger partial charge in [0.15, 0.2) is 0 Å². The first-order valence-electron chi connectivity index (χ1n) is 6.61. The molecule has 8 nitrogen and oxygen atoms in total. The molecule has 2 aromatic carbocycles. The van der Waals surface area contributed by atoms with Gasteiger partial charge in [-0.05, 0) is 24.3 Å². The molecule has 0 aliphatic heterocycles. The average Bonchev–Trinajstić information content (AvgIpc) is 2.52. The predicted molar refractivity (Wildman–Crippen MR) is 84.2 cm³/mol. The third kappa shape index (κ3) is 4.06. The van der Waals surface area contributed by atoms with Crippen molar-refractivity contribution in [2.45, 2.75) is 6.18 Å². The van der Waals surface area contributed by atoms with E-state index in [0.29, 0.717) is 12.1 Å². The zero-order valence-corrected chi connectivity index (χ0v) is 13.2. The van der Waals surface area contributed by atoms with Gasteiger partial charge in [-0.15, -0.1) is 0 Å². The Balaban J connectivity index is 2.47. The highest BCUT2D eigenvalue weighted by Crippen LogP contribution is 2.36. The van der Waals surface area contributed by atoms with E-state index in [4.69, 9.17) is 11.6 Å². The highest BCUT2D eigenvalue weighted by Gasteiger charge is 2.34. The van der Waals surface area contributed by atoms with Crippen LogP contribution < -0.4 is 5.32 Å². The lowest BCUT2D eigenvalue weighted by Crippen LogP contribution is -2.18. The summed E-state index contributed by atoms with van der Waals surface area (Å²) in [6, 6.07) is 4.58. The van der Waals surface area contributed by atoms with Crippen molar-refractivity contribution in [3.05, 3.63) is 72.8 Å². The van der Waals surface area contributed by atoms with Crippen molar-refractivity contribution in [2.75, 3.05) is 5.32 Å². The van der Waals surface area contributed by atoms with Gasteiger partial charge in [-0.25, -0.2) is 0 Å². The summed E-state index contributed by atoms with van der Waals surface area (Å²) in [4.78, 5) is 32.0. The maximum Gasteiger partial charge on any atom is 0.418 e. The van der Waals surface area contributed by atoms with Crippen LogP contribution in [-0.4, -0.2) is 15.8 Å². The molecule has 0 aromatic heterocycles. The average molecular weight is 390 g/mol. The number of benzene rings is 2. The molecule has 26 heavy (non-hydrogen) atoms. The number of nitrogens with zero attached hydrogens (tertiary/aromatic N) is 2. The number of carbonyl (C=O) groups is 1. The molecular formula is C14H7ClF3N3O5. The number of rotatable bonds is 4. The molecule has 2 rings (SSSR count). The van der Waals surface area contributed by atoms with Crippen molar-refractivity contribution in [1.82, 2.24) is 0 Å². The molecule has 2 aromatic rings. The third-order valence-corrected chi connectivity index (χ3v) is 3.40. The van der Waals surface area contributed by atoms with E-state index in [1.54, 1.807) is 0 Å². The van der Waals surface area contributed by atoms with Crippen LogP contribution in [0.15, 0.2) is 36.4 Å². The molecule has 0 radical (unpaired) electrons. The van der Waals surface area contributed by atoms with Gasteiger partial charge in [-0.2, -0.15) is 13.2 Å². The first-order valence-corrected chi connectivity index (χ1v) is 6.99. The number of non-ortho nitro benzene ring substituents is 1. The predicted octanol–water partition coefficient (Wildman–Crippen LogP) is 4.43. The lowest BCUT2D eigenvalue weighted by molar-refractivity contribution is -0.394. The van der Waals surface area contributed by atoms with E-state index in [9.17, 15) is 38.2 Å². The normalized spacial score (nSPS) is 11.1. The Morgan fingerprint density at radius 1 is 1.04 bits per heavy atom. The number of halogens is 4. The standard InChI is InChI=1S/C14H7ClF3N3O5/c15-7-1-4-10(14(16,17)18)11(5-7)19-13(22)9-3-2-8(20(23)24)6-12(9)21(25)26/h1-6H,(H,19,22). The quantitative estimate of drug-likeness (QED) is 0.613. The number of hydrogen-bond acceptors (Lipinski definition) is 5. The number of carbonyl (C=O) groups excluding carboxylic acids is 1. The Bertz CT molecular complexity index is 917. The summed E-state index contributed by atoms with van der Waals surface area (Å²) in [6.45, 7) is 0. The minimum absolute atomic E-state index is 0.105. The van der Waals surface area contributed by atoms with E-state index < -0.39 is 50.1 Å². The van der Waals surface area contributed by atoms with Crippen molar-refractivity contribution in [3.63, 3.8) is 0 Å². The summed E-state index contributed by atoms with van der Waals surface area (Å²) in [5.74, 6) is -1.25. The number of nitro benzene ring substituents is 2. The number of alkyl halides is 3. The number of anilines is 1. The van der Waals surface area contributed by atoms with Crippen LogP contribution in [-0.2, 0) is 6.18 Å². The van der Waals surface area contributed by atoms with E-state index in [2.05, 4.69) is 0 Å². The zero-order chi connectivity index (χ0) is 19.6. The summed E-state index contributed by atoms with van der Waals surface area (Å²) in [7, 11) is 0. The molecule has 0 saturated carbocycles. The molecule has 0 fully saturated rings. The molecule has 1 N–H and O–H groups in total. The van der Waals surface area contributed by atoms with E-state index >= 15 is 0 Å². The summed E-state index contributed by atoms with van der Waals surface area (Å²) >= 11 is 5.63. The van der Waals surface area contributed by atoms with Gasteiger partial charge in [0.2, 0.25) is 0 Å². The van der Waals surface area contributed by atoms with Crippen LogP contribution >= 0.6 is 11.6 Å². The van der Waals surface area contributed by atoms with Gasteiger partial charge in [0.25, 0.3) is 17.3 Å². The van der Waals surface area contributed by atoms with Gasteiger partial charge in [0.1, 0.15) is 5.56 Å². The van der Waals surface area contributed by atoms with E-state index in [1.165, 1.54) is 0 Å². The van der Waals surface area contributed by atoms with Crippen molar-refractivity contribution in [2.24, 2.45) is 0 Å². The van der Waals surface area contributed by atoms with Crippen molar-refractivity contribution < 1.29 is 27.8 Å². The highest BCUT2D eigenvalue weighted by molar-refractivity contribution is 6.31. The first kappa shape index (κ1) is 19.1. The van der Waals surface area contributed by atoms with Crippen LogP contribution in [0, 0.1) is 20.2 Å². The Kier molecular flexibility index (Phi) is 5.12. The van der Waals surface area contributed by atoms with Crippen LogP contribution in [0.2, 0.25) is 5.02 Å². The van der Waals surface area contributed by atoms with Crippen LogP contribution in [0.3, 0.4) is 0 Å². The summed E-state index contributed by atoms with van der Waals surface area (Å²) in [6.07, 6.45) is -4.81. The monoisotopic (exact) mass is 389 g/mol. The summed E-state index contributed by atoms with van der Waals surface area (Å²) < 4.78 is 39.0. The molecule has 136 valence electrons. The maximum absolute atomic E-state index is 13.0. The molecule has 0 aliphatic rings. The Hall–Kier alpha value is -3.21. The van der Waals surface area contributed by atoms with Crippen molar-refractivity contribution in [1.29, 1.82) is 0 Å². The lowest BCUT2D eigenvalue weighted by Gasteiger charge is -2.14. The fraction of sp³-hybridized carbons (Fsp3) is 0.0714. The van der Waals surface area contributed by atoms with Gasteiger partial charge in [-0.1, -0.05) is 11.6 Å². The molecule has 12 heteroatoms. The minimum Gasteiger partial charge on any atom is -0.321 e. The zero-order valence-electron chi connectivity index (χ0n) is 12.4. The largest absolute Gasteiger partial charge is 0.418 e. The Morgan fingerprint density at radius 3 is 2.23 bits per heavy atom. The van der Waals surface area contributed by atoms with Crippen LogP contribution in [0.25, 0.3) is 0 Å². The molecule has 0 spiro atoms. The first-order chi connectivity index (χ1) is 12.0. The number of nitrogens with one attached hydrogen (secondary N) is 1. The molecule has 0 unspecified atom stereocenters. The second-order valence-corrected chi connectivity index (χ2v) is 5.29.